The molecule has 2 fully saturated rings. The molecule has 108 valence electrons. The number of aliphatic hydroxyl groups is 1. The van der Waals surface area contributed by atoms with Gasteiger partial charge in [0.25, 0.3) is 0 Å². The van der Waals surface area contributed by atoms with Crippen molar-refractivity contribution in [3.63, 3.8) is 0 Å². The van der Waals surface area contributed by atoms with E-state index in [4.69, 9.17) is 4.74 Å². The van der Waals surface area contributed by atoms with Crippen LogP contribution in [-0.2, 0) is 9.53 Å². The fourth-order valence-corrected chi connectivity index (χ4v) is 2.28. The van der Waals surface area contributed by atoms with E-state index >= 15 is 0 Å². The molecule has 0 radical (unpaired) electrons. The van der Waals surface area contributed by atoms with Gasteiger partial charge in [-0.2, -0.15) is 0 Å². The Morgan fingerprint density at radius 3 is 2.26 bits per heavy atom. The number of nitrogens with zero attached hydrogens (tertiary/aromatic N) is 2. The summed E-state index contributed by atoms with van der Waals surface area (Å²) in [5.74, 6) is -0.558. The molecule has 0 saturated carbocycles. The van der Waals surface area contributed by atoms with E-state index in [0.717, 1.165) is 19.5 Å². The number of rotatable bonds is 1. The Hall–Kier alpha value is -1.30. The fourth-order valence-electron chi connectivity index (χ4n) is 2.28. The summed E-state index contributed by atoms with van der Waals surface area (Å²) < 4.78 is 5.25. The second-order valence-corrected chi connectivity index (χ2v) is 6.24. The third kappa shape index (κ3) is 3.18. The van der Waals surface area contributed by atoms with Gasteiger partial charge in [0.1, 0.15) is 5.60 Å². The molecule has 1 N–H and O–H groups in total. The minimum Gasteiger partial charge on any atom is -0.444 e. The zero-order chi connectivity index (χ0) is 14.2. The molecule has 6 heteroatoms. The maximum Gasteiger partial charge on any atom is 0.410 e. The molecule has 2 aliphatic heterocycles. The van der Waals surface area contributed by atoms with Gasteiger partial charge >= 0.3 is 6.09 Å². The molecule has 0 aromatic heterocycles. The summed E-state index contributed by atoms with van der Waals surface area (Å²) in [5.41, 5.74) is -0.568. The molecular formula is C13H22N2O4. The molecule has 19 heavy (non-hydrogen) atoms. The molecule has 6 nitrogen and oxygen atoms in total. The third-order valence-electron chi connectivity index (χ3n) is 3.43. The van der Waals surface area contributed by atoms with E-state index in [1.807, 2.05) is 0 Å². The van der Waals surface area contributed by atoms with Crippen LogP contribution in [0.5, 0.6) is 0 Å². The van der Waals surface area contributed by atoms with Crippen molar-refractivity contribution < 1.29 is 19.4 Å². The van der Waals surface area contributed by atoms with Crippen molar-refractivity contribution in [2.24, 2.45) is 5.92 Å². The lowest BCUT2D eigenvalue weighted by Gasteiger charge is -2.33. The van der Waals surface area contributed by atoms with Crippen LogP contribution < -0.4 is 0 Å². The molecule has 2 amide bonds. The number of carbonyl (C=O) groups is 2. The highest BCUT2D eigenvalue weighted by molar-refractivity contribution is 5.82. The first-order valence-corrected chi connectivity index (χ1v) is 6.73. The topological polar surface area (TPSA) is 70.1 Å². The van der Waals surface area contributed by atoms with Gasteiger partial charge in [0.05, 0.1) is 18.6 Å². The lowest BCUT2D eigenvalue weighted by atomic mass is 10.0. The first-order chi connectivity index (χ1) is 8.78. The molecule has 0 aromatic rings. The standard InChI is InChI=1S/C13H22N2O4/c1-13(2,3)19-12(18)15-7-9(10(16)8-15)11(17)14-5-4-6-14/h9-10,16H,4-8H2,1-3H3. The number of hydrogen-bond donors (Lipinski definition) is 1. The van der Waals surface area contributed by atoms with Crippen molar-refractivity contribution >= 4 is 12.0 Å². The van der Waals surface area contributed by atoms with Gasteiger partial charge in [0, 0.05) is 19.6 Å². The summed E-state index contributed by atoms with van der Waals surface area (Å²) in [7, 11) is 0. The van der Waals surface area contributed by atoms with Crippen LogP contribution in [0.4, 0.5) is 4.79 Å². The van der Waals surface area contributed by atoms with Crippen LogP contribution in [0.3, 0.4) is 0 Å². The molecule has 0 aromatic carbocycles. The highest BCUT2D eigenvalue weighted by Gasteiger charge is 2.42. The quantitative estimate of drug-likeness (QED) is 0.751. The fraction of sp³-hybridized carbons (Fsp3) is 0.846. The lowest BCUT2D eigenvalue weighted by Crippen LogP contribution is -2.48. The first kappa shape index (κ1) is 14.1. The first-order valence-electron chi connectivity index (χ1n) is 6.73. The van der Waals surface area contributed by atoms with Gasteiger partial charge in [0.15, 0.2) is 0 Å². The Balaban J connectivity index is 1.93. The molecule has 2 rings (SSSR count). The second-order valence-electron chi connectivity index (χ2n) is 6.24. The van der Waals surface area contributed by atoms with E-state index in [1.165, 1.54) is 4.90 Å². The lowest BCUT2D eigenvalue weighted by molar-refractivity contribution is -0.141. The number of carbonyl (C=O) groups excluding carboxylic acids is 2. The average Bonchev–Trinajstić information content (AvgIpc) is 2.54. The highest BCUT2D eigenvalue weighted by atomic mass is 16.6. The molecule has 2 aliphatic rings. The van der Waals surface area contributed by atoms with Gasteiger partial charge in [-0.25, -0.2) is 4.79 Å². The Morgan fingerprint density at radius 1 is 1.16 bits per heavy atom. The zero-order valence-electron chi connectivity index (χ0n) is 11.8. The van der Waals surface area contributed by atoms with Crippen LogP contribution in [0.25, 0.3) is 0 Å². The van der Waals surface area contributed by atoms with Crippen LogP contribution in [0.15, 0.2) is 0 Å². The van der Waals surface area contributed by atoms with E-state index in [-0.39, 0.29) is 19.0 Å². The average molecular weight is 270 g/mol. The van der Waals surface area contributed by atoms with E-state index in [2.05, 4.69) is 0 Å². The van der Waals surface area contributed by atoms with Crippen molar-refractivity contribution in [2.75, 3.05) is 26.2 Å². The van der Waals surface area contributed by atoms with E-state index < -0.39 is 23.7 Å². The molecule has 0 aliphatic carbocycles. The van der Waals surface area contributed by atoms with Crippen molar-refractivity contribution in [2.45, 2.75) is 38.9 Å². The van der Waals surface area contributed by atoms with E-state index in [9.17, 15) is 14.7 Å². The summed E-state index contributed by atoms with van der Waals surface area (Å²) in [6.45, 7) is 7.30. The zero-order valence-corrected chi connectivity index (χ0v) is 11.8. The Labute approximate surface area is 113 Å². The second kappa shape index (κ2) is 5.00. The number of hydrogen-bond acceptors (Lipinski definition) is 4. The van der Waals surface area contributed by atoms with Crippen LogP contribution in [-0.4, -0.2) is 64.8 Å². The molecule has 2 saturated heterocycles. The number of β-amino-alcohol motifs (C(OH)–C–C–N with tert-alkyl or cyclic N) is 1. The summed E-state index contributed by atoms with van der Waals surface area (Å²) in [6.07, 6.45) is -0.240. The van der Waals surface area contributed by atoms with Crippen molar-refractivity contribution in [3.05, 3.63) is 0 Å². The van der Waals surface area contributed by atoms with Gasteiger partial charge in [-0.15, -0.1) is 0 Å². The Morgan fingerprint density at radius 2 is 1.79 bits per heavy atom. The molecule has 0 spiro atoms. The predicted molar refractivity (Wildman–Crippen MR) is 68.5 cm³/mol. The summed E-state index contributed by atoms with van der Waals surface area (Å²) >= 11 is 0. The van der Waals surface area contributed by atoms with Crippen molar-refractivity contribution in [1.82, 2.24) is 9.80 Å². The molecular weight excluding hydrogens is 248 g/mol. The molecule has 0 bridgehead atoms. The smallest absolute Gasteiger partial charge is 0.410 e. The third-order valence-corrected chi connectivity index (χ3v) is 3.43. The predicted octanol–water partition coefficient (Wildman–Crippen LogP) is 0.447. The normalized spacial score (nSPS) is 27.2. The van der Waals surface area contributed by atoms with Crippen LogP contribution in [0.2, 0.25) is 0 Å². The number of likely N-dealkylation sites (tertiary alicyclic amines) is 2. The van der Waals surface area contributed by atoms with Crippen molar-refractivity contribution in [1.29, 1.82) is 0 Å². The van der Waals surface area contributed by atoms with Gasteiger partial charge in [0.2, 0.25) is 5.91 Å². The van der Waals surface area contributed by atoms with Gasteiger partial charge in [-0.1, -0.05) is 0 Å². The highest BCUT2D eigenvalue weighted by Crippen LogP contribution is 2.23. The minimum absolute atomic E-state index is 0.0511. The monoisotopic (exact) mass is 270 g/mol. The molecule has 2 heterocycles. The maximum absolute atomic E-state index is 12.1. The van der Waals surface area contributed by atoms with Gasteiger partial charge < -0.3 is 19.6 Å². The number of ether oxygens (including phenoxy) is 1. The van der Waals surface area contributed by atoms with Gasteiger partial charge in [-0.05, 0) is 27.2 Å². The molecule has 2 unspecified atom stereocenters. The van der Waals surface area contributed by atoms with Gasteiger partial charge in [-0.3, -0.25) is 4.79 Å². The van der Waals surface area contributed by atoms with E-state index in [0.29, 0.717) is 0 Å². The minimum atomic E-state index is -0.791. The van der Waals surface area contributed by atoms with Crippen LogP contribution in [0.1, 0.15) is 27.2 Å². The SMILES string of the molecule is CC(C)(C)OC(=O)N1CC(O)C(C(=O)N2CCC2)C1. The van der Waals surface area contributed by atoms with Crippen LogP contribution in [0, 0.1) is 5.92 Å². The Kier molecular flexibility index (Phi) is 3.71. The number of aliphatic hydroxyl groups excluding tert-OH is 1. The number of amides is 2. The summed E-state index contributed by atoms with van der Waals surface area (Å²) in [5, 5.41) is 9.95. The summed E-state index contributed by atoms with van der Waals surface area (Å²) in [6, 6.07) is 0. The summed E-state index contributed by atoms with van der Waals surface area (Å²) in [4.78, 5) is 27.1. The largest absolute Gasteiger partial charge is 0.444 e. The van der Waals surface area contributed by atoms with E-state index in [1.54, 1.807) is 25.7 Å². The molecule has 2 atom stereocenters. The maximum atomic E-state index is 12.1. The van der Waals surface area contributed by atoms with Crippen molar-refractivity contribution in [3.8, 4) is 0 Å². The van der Waals surface area contributed by atoms with Crippen LogP contribution >= 0.6 is 0 Å². The Bertz CT molecular complexity index is 373.